The van der Waals surface area contributed by atoms with Gasteiger partial charge >= 0.3 is 0 Å². The van der Waals surface area contributed by atoms with E-state index in [1.165, 1.54) is 0 Å². The van der Waals surface area contributed by atoms with E-state index < -0.39 is 0 Å². The molecule has 7 nitrogen and oxygen atoms in total. The summed E-state index contributed by atoms with van der Waals surface area (Å²) >= 11 is 6.01. The van der Waals surface area contributed by atoms with Crippen LogP contribution < -0.4 is 4.90 Å². The highest BCUT2D eigenvalue weighted by Gasteiger charge is 2.29. The number of fused-ring (bicyclic) bond motifs is 1. The molecule has 1 saturated heterocycles. The molecule has 142 valence electrons. The molecule has 3 aromatic rings. The second kappa shape index (κ2) is 6.88. The fourth-order valence-electron chi connectivity index (χ4n) is 3.48. The van der Waals surface area contributed by atoms with Crippen molar-refractivity contribution in [3.05, 3.63) is 40.7 Å². The number of piperidine rings is 1. The van der Waals surface area contributed by atoms with Crippen molar-refractivity contribution in [1.29, 1.82) is 0 Å². The number of amides is 1. The number of benzene rings is 1. The number of hydrogen-bond acceptors (Lipinski definition) is 5. The molecule has 0 unspecified atom stereocenters. The van der Waals surface area contributed by atoms with Crippen LogP contribution >= 0.6 is 11.6 Å². The SMILES string of the molecule is Cc1cc(C(=O)N(C)C2CCN(c3nc4ccc(Cl)cc4o3)CC2)nn1C. The molecular formula is C19H22ClN5O2. The van der Waals surface area contributed by atoms with Crippen LogP contribution in [-0.4, -0.2) is 51.8 Å². The van der Waals surface area contributed by atoms with E-state index in [9.17, 15) is 4.79 Å². The molecular weight excluding hydrogens is 366 g/mol. The van der Waals surface area contributed by atoms with Gasteiger partial charge in [-0.25, -0.2) is 0 Å². The van der Waals surface area contributed by atoms with E-state index in [0.717, 1.165) is 37.1 Å². The third kappa shape index (κ3) is 3.39. The number of aromatic nitrogens is 3. The quantitative estimate of drug-likeness (QED) is 0.690. The van der Waals surface area contributed by atoms with E-state index in [2.05, 4.69) is 15.0 Å². The number of halogens is 1. The Hall–Kier alpha value is -2.54. The Kier molecular flexibility index (Phi) is 4.55. The summed E-state index contributed by atoms with van der Waals surface area (Å²) < 4.78 is 7.58. The van der Waals surface area contributed by atoms with Crippen molar-refractivity contribution in [3.63, 3.8) is 0 Å². The van der Waals surface area contributed by atoms with Crippen molar-refractivity contribution in [3.8, 4) is 0 Å². The lowest BCUT2D eigenvalue weighted by molar-refractivity contribution is 0.0701. The van der Waals surface area contributed by atoms with E-state index in [1.54, 1.807) is 10.7 Å². The molecule has 0 bridgehead atoms. The lowest BCUT2D eigenvalue weighted by Gasteiger charge is -2.35. The summed E-state index contributed by atoms with van der Waals surface area (Å²) in [6.45, 7) is 3.50. The van der Waals surface area contributed by atoms with Gasteiger partial charge in [0.2, 0.25) is 0 Å². The first-order valence-electron chi connectivity index (χ1n) is 9.01. The highest BCUT2D eigenvalue weighted by Crippen LogP contribution is 2.27. The lowest BCUT2D eigenvalue weighted by Crippen LogP contribution is -2.45. The first-order valence-corrected chi connectivity index (χ1v) is 9.39. The Balaban J connectivity index is 1.42. The van der Waals surface area contributed by atoms with Crippen molar-refractivity contribution in [2.45, 2.75) is 25.8 Å². The van der Waals surface area contributed by atoms with Gasteiger partial charge in [-0.1, -0.05) is 11.6 Å². The van der Waals surface area contributed by atoms with Crippen LogP contribution in [0.15, 0.2) is 28.7 Å². The summed E-state index contributed by atoms with van der Waals surface area (Å²) in [5.74, 6) is -0.0337. The van der Waals surface area contributed by atoms with Gasteiger partial charge in [0.15, 0.2) is 11.3 Å². The average Bonchev–Trinajstić information content (AvgIpc) is 3.23. The number of nitrogens with zero attached hydrogens (tertiary/aromatic N) is 5. The van der Waals surface area contributed by atoms with E-state index in [4.69, 9.17) is 16.0 Å². The molecule has 0 saturated carbocycles. The normalized spacial score (nSPS) is 15.5. The smallest absolute Gasteiger partial charge is 0.298 e. The molecule has 1 aliphatic heterocycles. The maximum absolute atomic E-state index is 12.7. The summed E-state index contributed by atoms with van der Waals surface area (Å²) in [5.41, 5.74) is 2.96. The monoisotopic (exact) mass is 387 g/mol. The number of hydrogen-bond donors (Lipinski definition) is 0. The summed E-state index contributed by atoms with van der Waals surface area (Å²) in [6.07, 6.45) is 1.71. The summed E-state index contributed by atoms with van der Waals surface area (Å²) in [4.78, 5) is 21.2. The molecule has 0 aliphatic carbocycles. The molecule has 1 aliphatic rings. The number of rotatable bonds is 3. The molecule has 0 N–H and O–H groups in total. The second-order valence-electron chi connectivity index (χ2n) is 7.04. The highest BCUT2D eigenvalue weighted by molar-refractivity contribution is 6.31. The van der Waals surface area contributed by atoms with Crippen LogP contribution in [0.3, 0.4) is 0 Å². The van der Waals surface area contributed by atoms with Crippen molar-refractivity contribution >= 4 is 34.6 Å². The van der Waals surface area contributed by atoms with Crippen LogP contribution in [0.1, 0.15) is 29.0 Å². The predicted octanol–water partition coefficient (Wildman–Crippen LogP) is 3.26. The number of carbonyl (C=O) groups excluding carboxylic acids is 1. The topological polar surface area (TPSA) is 67.4 Å². The first kappa shape index (κ1) is 17.9. The van der Waals surface area contributed by atoms with E-state index in [0.29, 0.717) is 22.3 Å². The minimum Gasteiger partial charge on any atom is -0.423 e. The molecule has 3 heterocycles. The minimum atomic E-state index is -0.0337. The van der Waals surface area contributed by atoms with Crippen molar-refractivity contribution < 1.29 is 9.21 Å². The zero-order valence-corrected chi connectivity index (χ0v) is 16.4. The van der Waals surface area contributed by atoms with Crippen LogP contribution in [0.2, 0.25) is 5.02 Å². The van der Waals surface area contributed by atoms with Gasteiger partial charge in [-0.3, -0.25) is 9.48 Å². The zero-order chi connectivity index (χ0) is 19.1. The zero-order valence-electron chi connectivity index (χ0n) is 15.6. The maximum atomic E-state index is 12.7. The Labute approximate surface area is 162 Å². The van der Waals surface area contributed by atoms with Gasteiger partial charge in [0.1, 0.15) is 5.52 Å². The van der Waals surface area contributed by atoms with Gasteiger partial charge < -0.3 is 14.2 Å². The maximum Gasteiger partial charge on any atom is 0.298 e. The third-order valence-electron chi connectivity index (χ3n) is 5.28. The van der Waals surface area contributed by atoms with E-state index >= 15 is 0 Å². The van der Waals surface area contributed by atoms with Crippen LogP contribution in [0.25, 0.3) is 11.1 Å². The average molecular weight is 388 g/mol. The number of oxazole rings is 1. The number of aryl methyl sites for hydroxylation is 2. The van der Waals surface area contributed by atoms with Crippen LogP contribution in [0.5, 0.6) is 0 Å². The molecule has 0 spiro atoms. The molecule has 1 aromatic carbocycles. The highest BCUT2D eigenvalue weighted by atomic mass is 35.5. The van der Waals surface area contributed by atoms with Crippen molar-refractivity contribution in [1.82, 2.24) is 19.7 Å². The van der Waals surface area contributed by atoms with Gasteiger partial charge in [-0.15, -0.1) is 0 Å². The molecule has 8 heteroatoms. The Bertz CT molecular complexity index is 968. The second-order valence-corrected chi connectivity index (χ2v) is 7.47. The molecule has 2 aromatic heterocycles. The molecule has 1 amide bonds. The first-order chi connectivity index (χ1) is 12.9. The predicted molar refractivity (Wildman–Crippen MR) is 104 cm³/mol. The van der Waals surface area contributed by atoms with Crippen LogP contribution in [0.4, 0.5) is 6.01 Å². The van der Waals surface area contributed by atoms with Crippen molar-refractivity contribution in [2.75, 3.05) is 25.0 Å². The van der Waals surface area contributed by atoms with Gasteiger partial charge in [0.25, 0.3) is 11.9 Å². The standard InChI is InChI=1S/C19H22ClN5O2/c1-12-10-16(22-24(12)3)18(26)23(2)14-6-8-25(9-7-14)19-21-15-5-4-13(20)11-17(15)27-19/h4-5,10-11,14H,6-9H2,1-3H3. The van der Waals surface area contributed by atoms with Crippen LogP contribution in [0, 0.1) is 6.92 Å². The largest absolute Gasteiger partial charge is 0.423 e. The van der Waals surface area contributed by atoms with Crippen molar-refractivity contribution in [2.24, 2.45) is 7.05 Å². The lowest BCUT2D eigenvalue weighted by atomic mass is 10.0. The summed E-state index contributed by atoms with van der Waals surface area (Å²) in [5, 5.41) is 4.93. The number of carbonyl (C=O) groups is 1. The fraction of sp³-hybridized carbons (Fsp3) is 0.421. The van der Waals surface area contributed by atoms with E-state index in [-0.39, 0.29) is 11.9 Å². The number of anilines is 1. The molecule has 0 atom stereocenters. The van der Waals surface area contributed by atoms with Gasteiger partial charge in [0.05, 0.1) is 0 Å². The Morgan fingerprint density at radius 1 is 1.30 bits per heavy atom. The van der Waals surface area contributed by atoms with Gasteiger partial charge in [0, 0.05) is 50.0 Å². The summed E-state index contributed by atoms with van der Waals surface area (Å²) in [7, 11) is 3.70. The molecule has 1 fully saturated rings. The van der Waals surface area contributed by atoms with Gasteiger partial charge in [-0.2, -0.15) is 10.1 Å². The van der Waals surface area contributed by atoms with E-state index in [1.807, 2.05) is 44.1 Å². The Morgan fingerprint density at radius 3 is 2.70 bits per heavy atom. The molecule has 27 heavy (non-hydrogen) atoms. The minimum absolute atomic E-state index is 0.0337. The summed E-state index contributed by atoms with van der Waals surface area (Å²) in [6, 6.07) is 8.06. The Morgan fingerprint density at radius 2 is 2.04 bits per heavy atom. The fourth-order valence-corrected chi connectivity index (χ4v) is 3.64. The molecule has 4 rings (SSSR count). The molecule has 0 radical (unpaired) electrons. The third-order valence-corrected chi connectivity index (χ3v) is 5.51. The van der Waals surface area contributed by atoms with Gasteiger partial charge in [-0.05, 0) is 38.0 Å². The van der Waals surface area contributed by atoms with Crippen LogP contribution in [-0.2, 0) is 7.05 Å².